The molecule has 1 atom stereocenters. The van der Waals surface area contributed by atoms with E-state index in [1.807, 2.05) is 0 Å². The van der Waals surface area contributed by atoms with E-state index in [-0.39, 0.29) is 11.9 Å². The first-order chi connectivity index (χ1) is 13.9. The third-order valence-electron chi connectivity index (χ3n) is 5.25. The van der Waals surface area contributed by atoms with E-state index in [1.165, 1.54) is 6.92 Å². The van der Waals surface area contributed by atoms with Crippen LogP contribution in [0.25, 0.3) is 0 Å². The average molecular weight is 405 g/mol. The van der Waals surface area contributed by atoms with Gasteiger partial charge in [0.2, 0.25) is 5.91 Å². The van der Waals surface area contributed by atoms with E-state index in [0.717, 1.165) is 25.9 Å². The summed E-state index contributed by atoms with van der Waals surface area (Å²) < 4.78 is 5.44. The molecule has 1 aromatic carbocycles. The van der Waals surface area contributed by atoms with Crippen molar-refractivity contribution in [2.45, 2.75) is 39.7 Å². The fraction of sp³-hybridized carbons (Fsp3) is 0.571. The van der Waals surface area contributed by atoms with Crippen molar-refractivity contribution in [3.05, 3.63) is 24.3 Å². The summed E-state index contributed by atoms with van der Waals surface area (Å²) in [7, 11) is 0. The number of hydrogen-bond acceptors (Lipinski definition) is 5. The van der Waals surface area contributed by atoms with Crippen molar-refractivity contribution in [2.75, 3.05) is 43.5 Å². The predicted molar refractivity (Wildman–Crippen MR) is 113 cm³/mol. The maximum absolute atomic E-state index is 12.3. The van der Waals surface area contributed by atoms with Gasteiger partial charge in [-0.2, -0.15) is 0 Å². The number of carbonyl (C=O) groups is 3. The summed E-state index contributed by atoms with van der Waals surface area (Å²) in [5.41, 5.74) is 1.11. The summed E-state index contributed by atoms with van der Waals surface area (Å²) in [4.78, 5) is 38.0. The molecule has 3 amide bonds. The van der Waals surface area contributed by atoms with E-state index in [1.54, 1.807) is 24.3 Å². The summed E-state index contributed by atoms with van der Waals surface area (Å²) in [5.74, 6) is -1.09. The highest BCUT2D eigenvalue weighted by Gasteiger charge is 2.28. The predicted octanol–water partition coefficient (Wildman–Crippen LogP) is 1.84. The van der Waals surface area contributed by atoms with Gasteiger partial charge in [0.1, 0.15) is 0 Å². The van der Waals surface area contributed by atoms with E-state index < -0.39 is 11.8 Å². The van der Waals surface area contributed by atoms with E-state index in [0.29, 0.717) is 37.1 Å². The number of morpholine rings is 1. The number of benzene rings is 1. The second-order valence-electron chi connectivity index (χ2n) is 7.21. The zero-order chi connectivity index (χ0) is 21.2. The topological polar surface area (TPSA) is 99.8 Å². The van der Waals surface area contributed by atoms with Gasteiger partial charge in [-0.1, -0.05) is 26.7 Å². The molecule has 0 aromatic heterocycles. The lowest BCUT2D eigenvalue weighted by Crippen LogP contribution is -2.53. The highest BCUT2D eigenvalue weighted by Crippen LogP contribution is 2.19. The number of ether oxygens (including phenoxy) is 1. The molecule has 1 aromatic rings. The van der Waals surface area contributed by atoms with Gasteiger partial charge in [0.25, 0.3) is 0 Å². The quantitative estimate of drug-likeness (QED) is 0.574. The Labute approximate surface area is 172 Å². The maximum atomic E-state index is 12.3. The first kappa shape index (κ1) is 22.8. The molecule has 0 aliphatic carbocycles. The normalized spacial score (nSPS) is 15.6. The minimum atomic E-state index is -0.706. The van der Waals surface area contributed by atoms with Gasteiger partial charge in [-0.05, 0) is 30.2 Å². The number of anilines is 2. The molecule has 1 aliphatic rings. The summed E-state index contributed by atoms with van der Waals surface area (Å²) >= 11 is 0. The van der Waals surface area contributed by atoms with Crippen LogP contribution in [0.4, 0.5) is 11.4 Å². The van der Waals surface area contributed by atoms with Crippen LogP contribution in [0.1, 0.15) is 33.6 Å². The molecule has 29 heavy (non-hydrogen) atoms. The molecule has 1 heterocycles. The number of hydrogen-bond donors (Lipinski definition) is 3. The Morgan fingerprint density at radius 1 is 0.966 bits per heavy atom. The minimum Gasteiger partial charge on any atom is -0.379 e. The molecule has 3 N–H and O–H groups in total. The molecule has 0 saturated carbocycles. The van der Waals surface area contributed by atoms with Gasteiger partial charge >= 0.3 is 11.8 Å². The maximum Gasteiger partial charge on any atom is 0.313 e. The second-order valence-corrected chi connectivity index (χ2v) is 7.21. The van der Waals surface area contributed by atoms with E-state index >= 15 is 0 Å². The van der Waals surface area contributed by atoms with E-state index in [2.05, 4.69) is 34.7 Å². The van der Waals surface area contributed by atoms with Crippen molar-refractivity contribution < 1.29 is 19.1 Å². The zero-order valence-electron chi connectivity index (χ0n) is 17.5. The Balaban J connectivity index is 1.90. The Hall–Kier alpha value is -2.45. The van der Waals surface area contributed by atoms with Crippen LogP contribution < -0.4 is 16.0 Å². The number of amides is 3. The van der Waals surface area contributed by atoms with E-state index in [9.17, 15) is 14.4 Å². The van der Waals surface area contributed by atoms with Crippen LogP contribution in [0.5, 0.6) is 0 Å². The fourth-order valence-electron chi connectivity index (χ4n) is 3.64. The third-order valence-corrected chi connectivity index (χ3v) is 5.25. The molecule has 8 heteroatoms. The van der Waals surface area contributed by atoms with Gasteiger partial charge in [0, 0.05) is 44.0 Å². The standard InChI is InChI=1S/C21H32N4O4/c1-4-16(5-2)19(25-10-12-29-13-11-25)14-22-20(27)21(28)24-18-8-6-17(7-9-18)23-15(3)26/h6-9,16,19H,4-5,10-14H2,1-3H3,(H,22,27)(H,23,26)(H,24,28). The first-order valence-corrected chi connectivity index (χ1v) is 10.2. The number of rotatable bonds is 8. The highest BCUT2D eigenvalue weighted by molar-refractivity contribution is 6.39. The molecule has 2 rings (SSSR count). The summed E-state index contributed by atoms with van der Waals surface area (Å²) in [5, 5.41) is 8.03. The minimum absolute atomic E-state index is 0.173. The fourth-order valence-corrected chi connectivity index (χ4v) is 3.64. The Morgan fingerprint density at radius 2 is 1.52 bits per heavy atom. The first-order valence-electron chi connectivity index (χ1n) is 10.2. The highest BCUT2D eigenvalue weighted by atomic mass is 16.5. The summed E-state index contributed by atoms with van der Waals surface area (Å²) in [6, 6.07) is 6.78. The van der Waals surface area contributed by atoms with Gasteiger partial charge in [-0.15, -0.1) is 0 Å². The Kier molecular flexibility index (Phi) is 9.08. The van der Waals surface area contributed by atoms with Crippen LogP contribution in [-0.2, 0) is 19.1 Å². The second kappa shape index (κ2) is 11.5. The van der Waals surface area contributed by atoms with Crippen LogP contribution in [0.3, 0.4) is 0 Å². The smallest absolute Gasteiger partial charge is 0.313 e. The van der Waals surface area contributed by atoms with Crippen LogP contribution in [0.2, 0.25) is 0 Å². The number of nitrogens with one attached hydrogen (secondary N) is 3. The summed E-state index contributed by atoms with van der Waals surface area (Å²) in [6.07, 6.45) is 2.03. The van der Waals surface area contributed by atoms with Gasteiger partial charge in [0.15, 0.2) is 0 Å². The van der Waals surface area contributed by atoms with E-state index in [4.69, 9.17) is 4.74 Å². The molecule has 160 valence electrons. The van der Waals surface area contributed by atoms with Crippen molar-refractivity contribution in [2.24, 2.45) is 5.92 Å². The van der Waals surface area contributed by atoms with Crippen LogP contribution in [0, 0.1) is 5.92 Å². The van der Waals surface area contributed by atoms with Gasteiger partial charge in [-0.3, -0.25) is 19.3 Å². The molecule has 0 bridgehead atoms. The number of nitrogens with zero attached hydrogens (tertiary/aromatic N) is 1. The molecule has 0 radical (unpaired) electrons. The number of carbonyl (C=O) groups excluding carboxylic acids is 3. The summed E-state index contributed by atoms with van der Waals surface area (Å²) in [6.45, 7) is 9.22. The molecular formula is C21H32N4O4. The largest absolute Gasteiger partial charge is 0.379 e. The molecule has 1 aliphatic heterocycles. The lowest BCUT2D eigenvalue weighted by Gasteiger charge is -2.38. The van der Waals surface area contributed by atoms with Gasteiger partial charge in [-0.25, -0.2) is 0 Å². The molecular weight excluding hydrogens is 372 g/mol. The van der Waals surface area contributed by atoms with Gasteiger partial charge < -0.3 is 20.7 Å². The molecule has 0 spiro atoms. The SMILES string of the molecule is CCC(CC)C(CNC(=O)C(=O)Nc1ccc(NC(C)=O)cc1)N1CCOCC1. The molecule has 1 fully saturated rings. The van der Waals surface area contributed by atoms with Crippen LogP contribution in [-0.4, -0.2) is 61.5 Å². The lowest BCUT2D eigenvalue weighted by atomic mass is 9.92. The third kappa shape index (κ3) is 7.14. The van der Waals surface area contributed by atoms with Crippen molar-refractivity contribution >= 4 is 29.1 Å². The van der Waals surface area contributed by atoms with Crippen molar-refractivity contribution in [1.29, 1.82) is 0 Å². The molecule has 1 saturated heterocycles. The Morgan fingerprint density at radius 3 is 2.03 bits per heavy atom. The van der Waals surface area contributed by atoms with Crippen LogP contribution >= 0.6 is 0 Å². The monoisotopic (exact) mass is 404 g/mol. The average Bonchev–Trinajstić information content (AvgIpc) is 2.72. The Bertz CT molecular complexity index is 682. The molecule has 8 nitrogen and oxygen atoms in total. The lowest BCUT2D eigenvalue weighted by molar-refractivity contribution is -0.136. The van der Waals surface area contributed by atoms with Crippen molar-refractivity contribution in [3.63, 3.8) is 0 Å². The van der Waals surface area contributed by atoms with Crippen molar-refractivity contribution in [1.82, 2.24) is 10.2 Å². The van der Waals surface area contributed by atoms with Gasteiger partial charge in [0.05, 0.1) is 13.2 Å². The molecule has 1 unspecified atom stereocenters. The zero-order valence-corrected chi connectivity index (χ0v) is 17.5. The van der Waals surface area contributed by atoms with Crippen molar-refractivity contribution in [3.8, 4) is 0 Å². The van der Waals surface area contributed by atoms with Crippen LogP contribution in [0.15, 0.2) is 24.3 Å².